The summed E-state index contributed by atoms with van der Waals surface area (Å²) in [7, 11) is 0. The third kappa shape index (κ3) is 3.97. The van der Waals surface area contributed by atoms with Gasteiger partial charge in [0.05, 0.1) is 12.8 Å². The summed E-state index contributed by atoms with van der Waals surface area (Å²) in [6, 6.07) is 5.72. The number of pyridine rings is 1. The van der Waals surface area contributed by atoms with E-state index in [-0.39, 0.29) is 6.61 Å². The minimum absolute atomic E-state index is 0.0451. The van der Waals surface area contributed by atoms with Crippen LogP contribution in [0.3, 0.4) is 0 Å². The Balaban J connectivity index is 0.000000132. The number of aromatic amines is 1. The summed E-state index contributed by atoms with van der Waals surface area (Å²) in [4.78, 5) is 3.78. The van der Waals surface area contributed by atoms with Crippen molar-refractivity contribution in [2.24, 2.45) is 0 Å². The lowest BCUT2D eigenvalue weighted by Gasteiger charge is -1.75. The molecule has 0 amide bonds. The van der Waals surface area contributed by atoms with Crippen LogP contribution in [0.5, 0.6) is 0 Å². The first-order valence-corrected chi connectivity index (χ1v) is 3.74. The van der Waals surface area contributed by atoms with E-state index in [1.165, 1.54) is 6.20 Å². The van der Waals surface area contributed by atoms with Gasteiger partial charge in [0, 0.05) is 12.4 Å². The molecule has 0 aliphatic rings. The molecule has 0 bridgehead atoms. The van der Waals surface area contributed by atoms with Crippen molar-refractivity contribution in [3.63, 3.8) is 0 Å². The first kappa shape index (κ1) is 9.34. The molecule has 0 fully saturated rings. The summed E-state index contributed by atoms with van der Waals surface area (Å²) in [5.41, 5.74) is 0.569. The Labute approximate surface area is 75.5 Å². The molecule has 0 aliphatic heterocycles. The van der Waals surface area contributed by atoms with Gasteiger partial charge in [0.2, 0.25) is 0 Å². The lowest BCUT2D eigenvalue weighted by molar-refractivity contribution is 0.276. The van der Waals surface area contributed by atoms with E-state index >= 15 is 0 Å². The summed E-state index contributed by atoms with van der Waals surface area (Å²) in [5, 5.41) is 17.7. The molecule has 2 rings (SSSR count). The molecule has 0 spiro atoms. The number of hydrogen-bond acceptors (Lipinski definition) is 4. The second kappa shape index (κ2) is 5.84. The van der Waals surface area contributed by atoms with E-state index in [2.05, 4.69) is 20.4 Å². The van der Waals surface area contributed by atoms with E-state index in [4.69, 9.17) is 5.11 Å². The van der Waals surface area contributed by atoms with Gasteiger partial charge in [-0.2, -0.15) is 15.4 Å². The summed E-state index contributed by atoms with van der Waals surface area (Å²) in [6.07, 6.45) is 4.97. The first-order valence-electron chi connectivity index (χ1n) is 3.74. The highest BCUT2D eigenvalue weighted by Gasteiger charge is 1.86. The fourth-order valence-electron chi connectivity index (χ4n) is 0.614. The number of hydrogen-bond donors (Lipinski definition) is 2. The Kier molecular flexibility index (Phi) is 4.20. The molecule has 2 aromatic heterocycles. The Morgan fingerprint density at radius 1 is 1.23 bits per heavy atom. The van der Waals surface area contributed by atoms with Crippen LogP contribution in [0.15, 0.2) is 36.8 Å². The SMILES string of the molecule is OCc1cn[nH]n1.c1ccncc1. The number of rotatable bonds is 1. The molecule has 5 nitrogen and oxygen atoms in total. The van der Waals surface area contributed by atoms with Crippen molar-refractivity contribution in [3.8, 4) is 0 Å². The van der Waals surface area contributed by atoms with Crippen molar-refractivity contribution in [3.05, 3.63) is 42.5 Å². The Morgan fingerprint density at radius 2 is 2.00 bits per heavy atom. The standard InChI is InChI=1S/C5H5N.C3H5N3O/c1-2-4-6-5-3-1;7-2-3-1-4-6-5-3/h1-5H;1,7H,2H2,(H,4,5,6). The quantitative estimate of drug-likeness (QED) is 0.662. The summed E-state index contributed by atoms with van der Waals surface area (Å²) in [6.45, 7) is -0.0451. The average molecular weight is 178 g/mol. The molecule has 0 saturated carbocycles. The second-order valence-corrected chi connectivity index (χ2v) is 2.14. The Hall–Kier alpha value is -1.75. The zero-order valence-corrected chi connectivity index (χ0v) is 6.96. The maximum Gasteiger partial charge on any atom is 0.108 e. The topological polar surface area (TPSA) is 74.7 Å². The van der Waals surface area contributed by atoms with Crippen LogP contribution in [0, 0.1) is 0 Å². The highest BCUT2D eigenvalue weighted by Crippen LogP contribution is 1.83. The van der Waals surface area contributed by atoms with Gasteiger partial charge in [0.1, 0.15) is 5.69 Å². The van der Waals surface area contributed by atoms with Gasteiger partial charge in [-0.15, -0.1) is 0 Å². The largest absolute Gasteiger partial charge is 0.390 e. The summed E-state index contributed by atoms with van der Waals surface area (Å²) in [5.74, 6) is 0. The lowest BCUT2D eigenvalue weighted by atomic mass is 10.5. The zero-order valence-electron chi connectivity index (χ0n) is 6.96. The number of nitrogens with one attached hydrogen (secondary N) is 1. The number of aliphatic hydroxyl groups excluding tert-OH is 1. The van der Waals surface area contributed by atoms with Crippen molar-refractivity contribution < 1.29 is 5.11 Å². The van der Waals surface area contributed by atoms with Crippen LogP contribution in [0.4, 0.5) is 0 Å². The van der Waals surface area contributed by atoms with Gasteiger partial charge in [-0.1, -0.05) is 6.07 Å². The fourth-order valence-corrected chi connectivity index (χ4v) is 0.614. The van der Waals surface area contributed by atoms with Gasteiger partial charge < -0.3 is 5.11 Å². The second-order valence-electron chi connectivity index (χ2n) is 2.14. The third-order valence-corrected chi connectivity index (χ3v) is 1.19. The number of H-pyrrole nitrogens is 1. The average Bonchev–Trinajstić information content (AvgIpc) is 2.74. The minimum Gasteiger partial charge on any atom is -0.390 e. The molecule has 0 atom stereocenters. The minimum atomic E-state index is -0.0451. The van der Waals surface area contributed by atoms with Crippen LogP contribution in [0.25, 0.3) is 0 Å². The molecule has 0 unspecified atom stereocenters. The molecule has 2 heterocycles. The zero-order chi connectivity index (χ0) is 9.36. The molecular formula is C8H10N4O. The van der Waals surface area contributed by atoms with Gasteiger partial charge >= 0.3 is 0 Å². The number of aliphatic hydroxyl groups is 1. The molecule has 0 aliphatic carbocycles. The van der Waals surface area contributed by atoms with Crippen molar-refractivity contribution in [2.45, 2.75) is 6.61 Å². The molecule has 2 aromatic rings. The fraction of sp³-hybridized carbons (Fsp3) is 0.125. The van der Waals surface area contributed by atoms with Crippen molar-refractivity contribution in [2.75, 3.05) is 0 Å². The van der Waals surface area contributed by atoms with E-state index in [1.54, 1.807) is 12.4 Å². The predicted molar refractivity (Wildman–Crippen MR) is 46.5 cm³/mol. The Bertz CT molecular complexity index is 268. The van der Waals surface area contributed by atoms with Crippen LogP contribution in [-0.4, -0.2) is 25.5 Å². The van der Waals surface area contributed by atoms with Gasteiger partial charge in [0.15, 0.2) is 0 Å². The third-order valence-electron chi connectivity index (χ3n) is 1.19. The molecule has 13 heavy (non-hydrogen) atoms. The van der Waals surface area contributed by atoms with Crippen LogP contribution < -0.4 is 0 Å². The van der Waals surface area contributed by atoms with E-state index in [0.29, 0.717) is 5.69 Å². The van der Waals surface area contributed by atoms with Crippen LogP contribution in [0.1, 0.15) is 5.69 Å². The van der Waals surface area contributed by atoms with Crippen molar-refractivity contribution >= 4 is 0 Å². The number of nitrogens with zero attached hydrogens (tertiary/aromatic N) is 3. The monoisotopic (exact) mass is 178 g/mol. The molecule has 0 saturated heterocycles. The highest BCUT2D eigenvalue weighted by atomic mass is 16.3. The highest BCUT2D eigenvalue weighted by molar-refractivity contribution is 4.88. The van der Waals surface area contributed by atoms with E-state index < -0.39 is 0 Å². The maximum absolute atomic E-state index is 8.30. The first-order chi connectivity index (χ1) is 6.43. The van der Waals surface area contributed by atoms with Crippen LogP contribution in [-0.2, 0) is 6.61 Å². The van der Waals surface area contributed by atoms with Crippen molar-refractivity contribution in [1.29, 1.82) is 0 Å². The molecule has 0 radical (unpaired) electrons. The van der Waals surface area contributed by atoms with Crippen LogP contribution >= 0.6 is 0 Å². The van der Waals surface area contributed by atoms with Gasteiger partial charge in [-0.25, -0.2) is 0 Å². The Morgan fingerprint density at radius 3 is 2.23 bits per heavy atom. The number of aromatic nitrogens is 4. The smallest absolute Gasteiger partial charge is 0.108 e. The van der Waals surface area contributed by atoms with E-state index in [0.717, 1.165) is 0 Å². The molecule has 5 heteroatoms. The maximum atomic E-state index is 8.30. The van der Waals surface area contributed by atoms with Gasteiger partial charge in [-0.3, -0.25) is 4.98 Å². The van der Waals surface area contributed by atoms with Crippen LogP contribution in [0.2, 0.25) is 0 Å². The summed E-state index contributed by atoms with van der Waals surface area (Å²) < 4.78 is 0. The van der Waals surface area contributed by atoms with E-state index in [9.17, 15) is 0 Å². The molecule has 0 aromatic carbocycles. The van der Waals surface area contributed by atoms with Crippen molar-refractivity contribution in [1.82, 2.24) is 20.4 Å². The molecular weight excluding hydrogens is 168 g/mol. The molecule has 2 N–H and O–H groups in total. The lowest BCUT2D eigenvalue weighted by Crippen LogP contribution is -1.79. The normalized spacial score (nSPS) is 8.69. The van der Waals surface area contributed by atoms with Gasteiger partial charge in [0.25, 0.3) is 0 Å². The van der Waals surface area contributed by atoms with E-state index in [1.807, 2.05) is 18.2 Å². The molecule has 68 valence electrons. The summed E-state index contributed by atoms with van der Waals surface area (Å²) >= 11 is 0. The van der Waals surface area contributed by atoms with Gasteiger partial charge in [-0.05, 0) is 12.1 Å². The predicted octanol–water partition coefficient (Wildman–Crippen LogP) is 0.379.